The topological polar surface area (TPSA) is 64.8 Å². The van der Waals surface area contributed by atoms with Crippen molar-refractivity contribution in [2.75, 3.05) is 16.8 Å². The summed E-state index contributed by atoms with van der Waals surface area (Å²) >= 11 is 0. The number of anilines is 4. The van der Waals surface area contributed by atoms with Crippen LogP contribution in [0.3, 0.4) is 0 Å². The van der Waals surface area contributed by atoms with E-state index in [1.807, 2.05) is 31.2 Å². The fourth-order valence-corrected chi connectivity index (χ4v) is 2.81. The van der Waals surface area contributed by atoms with Gasteiger partial charge in [0.25, 0.3) is 0 Å². The van der Waals surface area contributed by atoms with E-state index in [1.165, 1.54) is 5.56 Å². The zero-order valence-electron chi connectivity index (χ0n) is 15.2. The van der Waals surface area contributed by atoms with E-state index < -0.39 is 0 Å². The monoisotopic (exact) mass is 343 g/mol. The van der Waals surface area contributed by atoms with Crippen LogP contribution in [0.2, 0.25) is 0 Å². The van der Waals surface area contributed by atoms with Gasteiger partial charge in [-0.25, -0.2) is 4.98 Å². The van der Waals surface area contributed by atoms with E-state index in [0.717, 1.165) is 29.4 Å². The quantitative estimate of drug-likeness (QED) is 0.716. The Balaban J connectivity index is 1.95. The van der Waals surface area contributed by atoms with E-state index in [0.29, 0.717) is 11.5 Å². The summed E-state index contributed by atoms with van der Waals surface area (Å²) in [5, 5.41) is 12.3. The van der Waals surface area contributed by atoms with E-state index >= 15 is 0 Å². The van der Waals surface area contributed by atoms with Crippen LogP contribution in [0.15, 0.2) is 54.6 Å². The third-order valence-corrected chi connectivity index (χ3v) is 3.99. The fourth-order valence-electron chi connectivity index (χ4n) is 2.81. The van der Waals surface area contributed by atoms with Crippen LogP contribution in [-0.2, 0) is 0 Å². The summed E-state index contributed by atoms with van der Waals surface area (Å²) in [6, 6.07) is 19.7. The summed E-state index contributed by atoms with van der Waals surface area (Å²) in [6.07, 6.45) is 0. The third-order valence-electron chi connectivity index (χ3n) is 3.99. The van der Waals surface area contributed by atoms with Crippen molar-refractivity contribution >= 4 is 23.1 Å². The van der Waals surface area contributed by atoms with Gasteiger partial charge in [0, 0.05) is 29.7 Å². The van der Waals surface area contributed by atoms with Crippen molar-refractivity contribution in [2.24, 2.45) is 0 Å². The second-order valence-electron chi connectivity index (χ2n) is 6.09. The van der Waals surface area contributed by atoms with E-state index in [4.69, 9.17) is 5.26 Å². The Labute approximate surface area is 154 Å². The third kappa shape index (κ3) is 3.98. The lowest BCUT2D eigenvalue weighted by atomic mass is 10.2. The summed E-state index contributed by atoms with van der Waals surface area (Å²) in [6.45, 7) is 6.93. The van der Waals surface area contributed by atoms with Gasteiger partial charge in [0.05, 0.1) is 11.6 Å². The minimum atomic E-state index is 0.515. The van der Waals surface area contributed by atoms with E-state index in [2.05, 4.69) is 58.3 Å². The molecule has 0 saturated heterocycles. The number of nitrogens with one attached hydrogen (secondary N) is 1. The fraction of sp³-hybridized carbons (Fsp3) is 0.190. The van der Waals surface area contributed by atoms with Crippen LogP contribution < -0.4 is 10.2 Å². The maximum Gasteiger partial charge on any atom is 0.229 e. The number of hydrogen-bond donors (Lipinski definition) is 1. The van der Waals surface area contributed by atoms with Crippen LogP contribution >= 0.6 is 0 Å². The second-order valence-corrected chi connectivity index (χ2v) is 6.09. The predicted octanol–water partition coefficient (Wildman–Crippen LogP) is 4.87. The van der Waals surface area contributed by atoms with Crippen LogP contribution in [0.25, 0.3) is 0 Å². The molecule has 3 aromatic rings. The van der Waals surface area contributed by atoms with Gasteiger partial charge in [0.15, 0.2) is 0 Å². The van der Waals surface area contributed by atoms with Crippen LogP contribution in [0.5, 0.6) is 0 Å². The first-order valence-corrected chi connectivity index (χ1v) is 8.56. The molecule has 0 saturated carbocycles. The van der Waals surface area contributed by atoms with Crippen molar-refractivity contribution in [3.05, 3.63) is 71.4 Å². The minimum absolute atomic E-state index is 0.515. The Bertz CT molecular complexity index is 959. The van der Waals surface area contributed by atoms with E-state index in [9.17, 15) is 0 Å². The Morgan fingerprint density at radius 2 is 1.85 bits per heavy atom. The predicted molar refractivity (Wildman–Crippen MR) is 105 cm³/mol. The lowest BCUT2D eigenvalue weighted by Crippen LogP contribution is -2.18. The largest absolute Gasteiger partial charge is 0.326 e. The number of aryl methyl sites for hydroxylation is 2. The van der Waals surface area contributed by atoms with Gasteiger partial charge in [0.1, 0.15) is 5.82 Å². The SMILES string of the molecule is CCN(c1cccc(C)c1)c1cc(C)nc(Nc2cccc(C#N)c2)n1. The highest BCUT2D eigenvalue weighted by Crippen LogP contribution is 2.26. The first kappa shape index (κ1) is 17.4. The average Bonchev–Trinajstić information content (AvgIpc) is 2.62. The van der Waals surface area contributed by atoms with Gasteiger partial charge in [-0.2, -0.15) is 10.2 Å². The van der Waals surface area contributed by atoms with E-state index in [-0.39, 0.29) is 0 Å². The first-order valence-electron chi connectivity index (χ1n) is 8.56. The van der Waals surface area contributed by atoms with Gasteiger partial charge in [-0.05, 0) is 56.7 Å². The molecular weight excluding hydrogens is 322 g/mol. The van der Waals surface area contributed by atoms with Crippen LogP contribution in [0, 0.1) is 25.2 Å². The number of rotatable bonds is 5. The molecule has 0 radical (unpaired) electrons. The molecule has 1 aromatic heterocycles. The van der Waals surface area contributed by atoms with Crippen LogP contribution in [0.4, 0.5) is 23.1 Å². The number of nitrogens with zero attached hydrogens (tertiary/aromatic N) is 4. The average molecular weight is 343 g/mol. The normalized spacial score (nSPS) is 10.2. The molecule has 0 aliphatic rings. The van der Waals surface area contributed by atoms with Crippen molar-refractivity contribution < 1.29 is 0 Å². The zero-order valence-corrected chi connectivity index (χ0v) is 15.2. The standard InChI is InChI=1S/C21H21N5/c1-4-26(19-10-5-7-15(2)11-19)20-12-16(3)23-21(25-20)24-18-9-6-8-17(13-18)14-22/h5-13H,4H2,1-3H3,(H,23,24,25). The van der Waals surface area contributed by atoms with Crippen molar-refractivity contribution in [1.82, 2.24) is 9.97 Å². The Morgan fingerprint density at radius 3 is 2.58 bits per heavy atom. The van der Waals surface area contributed by atoms with E-state index in [1.54, 1.807) is 12.1 Å². The molecule has 130 valence electrons. The molecule has 0 spiro atoms. The molecule has 26 heavy (non-hydrogen) atoms. The number of aromatic nitrogens is 2. The molecule has 1 heterocycles. The van der Waals surface area contributed by atoms with Gasteiger partial charge in [-0.3, -0.25) is 0 Å². The number of nitriles is 1. The lowest BCUT2D eigenvalue weighted by molar-refractivity contribution is 0.968. The number of benzene rings is 2. The Morgan fingerprint density at radius 1 is 1.04 bits per heavy atom. The Hall–Kier alpha value is -3.39. The second kappa shape index (κ2) is 7.66. The summed E-state index contributed by atoms with van der Waals surface area (Å²) < 4.78 is 0. The molecule has 0 atom stereocenters. The van der Waals surface area contributed by atoms with Crippen molar-refractivity contribution in [1.29, 1.82) is 5.26 Å². The molecule has 1 N–H and O–H groups in total. The summed E-state index contributed by atoms with van der Waals surface area (Å²) in [4.78, 5) is 11.3. The summed E-state index contributed by atoms with van der Waals surface area (Å²) in [7, 11) is 0. The van der Waals surface area contributed by atoms with Crippen LogP contribution in [-0.4, -0.2) is 16.5 Å². The summed E-state index contributed by atoms with van der Waals surface area (Å²) in [5.74, 6) is 1.35. The molecule has 0 aliphatic carbocycles. The highest BCUT2D eigenvalue weighted by molar-refractivity contribution is 5.63. The highest BCUT2D eigenvalue weighted by Gasteiger charge is 2.12. The van der Waals surface area contributed by atoms with Crippen molar-refractivity contribution in [3.8, 4) is 6.07 Å². The molecule has 5 nitrogen and oxygen atoms in total. The number of hydrogen-bond acceptors (Lipinski definition) is 5. The molecular formula is C21H21N5. The van der Waals surface area contributed by atoms with Gasteiger partial charge in [0.2, 0.25) is 5.95 Å². The summed E-state index contributed by atoms with van der Waals surface area (Å²) in [5.41, 5.74) is 4.57. The minimum Gasteiger partial charge on any atom is -0.326 e. The smallest absolute Gasteiger partial charge is 0.229 e. The van der Waals surface area contributed by atoms with Gasteiger partial charge in [-0.15, -0.1) is 0 Å². The molecule has 0 amide bonds. The molecule has 5 heteroatoms. The zero-order chi connectivity index (χ0) is 18.5. The lowest BCUT2D eigenvalue weighted by Gasteiger charge is -2.23. The molecule has 0 unspecified atom stereocenters. The molecule has 0 bridgehead atoms. The Kier molecular flexibility index (Phi) is 5.14. The molecule has 0 aliphatic heterocycles. The highest BCUT2D eigenvalue weighted by atomic mass is 15.2. The van der Waals surface area contributed by atoms with Crippen molar-refractivity contribution in [3.63, 3.8) is 0 Å². The van der Waals surface area contributed by atoms with Crippen LogP contribution in [0.1, 0.15) is 23.7 Å². The maximum atomic E-state index is 9.05. The van der Waals surface area contributed by atoms with Gasteiger partial charge < -0.3 is 10.2 Å². The maximum absolute atomic E-state index is 9.05. The first-order chi connectivity index (χ1) is 12.6. The molecule has 0 fully saturated rings. The van der Waals surface area contributed by atoms with Crippen molar-refractivity contribution in [2.45, 2.75) is 20.8 Å². The molecule has 3 rings (SSSR count). The van der Waals surface area contributed by atoms with Gasteiger partial charge >= 0.3 is 0 Å². The molecule has 2 aromatic carbocycles. The van der Waals surface area contributed by atoms with Gasteiger partial charge in [-0.1, -0.05) is 18.2 Å².